The maximum Gasteiger partial charge on any atom is 0.165 e. The standard InChI is InChI=1S/C63H75N3O8S2/c64-62(65)52-33-46-10-5-11-55-50(22-27-66-55)59(72)35-53-51(46)34-47(52)38-75-76-39-48-36-63(37-60(48)73,25-20-41(31-58(71)45-8-3-4-9-45)12-16-43-6-1-2-7-44(43)23-28-67)26-21-49(68)17-13-40-15-19-57(70)61(32-40)74-29-24-42-14-18-56(69)54(53)30-42/h1-2,6-7,14-15,18-19,21-22,26-27,30,32-34,41,45,48,53,58,60,62,66-67,69-71,73H,3-4,8-9,11-13,16-17,20,23-25,28-29,31,35-39,64-65H2/b26-21+/t41-,48-,53+,58-,60+,63-/m0/s1. The zero-order valence-corrected chi connectivity index (χ0v) is 45.2. The average Bonchev–Trinajstić information content (AvgIpc) is 4.20. The van der Waals surface area contributed by atoms with Crippen molar-refractivity contribution in [2.24, 2.45) is 34.6 Å². The number of benzene rings is 4. The van der Waals surface area contributed by atoms with E-state index < -0.39 is 23.6 Å². The van der Waals surface area contributed by atoms with Crippen LogP contribution in [0.2, 0.25) is 0 Å². The summed E-state index contributed by atoms with van der Waals surface area (Å²) < 4.78 is 6.20. The zero-order chi connectivity index (χ0) is 53.2. The van der Waals surface area contributed by atoms with E-state index in [1.165, 1.54) is 5.56 Å². The van der Waals surface area contributed by atoms with Crippen LogP contribution in [0.5, 0.6) is 17.2 Å². The van der Waals surface area contributed by atoms with Crippen LogP contribution in [0.3, 0.4) is 0 Å². The second kappa shape index (κ2) is 25.9. The number of carbonyl (C=O) groups is 2. The number of aromatic nitrogens is 1. The van der Waals surface area contributed by atoms with Gasteiger partial charge in [0, 0.05) is 71.9 Å². The van der Waals surface area contributed by atoms with Crippen LogP contribution in [0.25, 0.3) is 0 Å². The third kappa shape index (κ3) is 13.9. The number of Topliss-reactive ketones (excluding diaryl/α,β-unsaturated/α-hetero) is 1. The number of aliphatic hydroxyl groups excluding tert-OH is 3. The van der Waals surface area contributed by atoms with Gasteiger partial charge in [0.25, 0.3) is 0 Å². The number of H-pyrrole nitrogens is 1. The fraction of sp³-hybridized carbons (Fsp3) is 0.460. The molecule has 11 nitrogen and oxygen atoms in total. The predicted octanol–water partition coefficient (Wildman–Crippen LogP) is 10.5. The van der Waals surface area contributed by atoms with Crippen molar-refractivity contribution in [3.63, 3.8) is 0 Å². The molecule has 2 saturated carbocycles. The quantitative estimate of drug-likeness (QED) is 0.0333. The molecule has 3 aliphatic carbocycles. The van der Waals surface area contributed by atoms with Crippen LogP contribution >= 0.6 is 21.6 Å². The van der Waals surface area contributed by atoms with Crippen molar-refractivity contribution < 1.29 is 39.9 Å². The number of aliphatic hydroxyl groups is 3. The molecule has 402 valence electrons. The molecule has 8 bridgehead atoms. The molecule has 0 amide bonds. The molecule has 9 rings (SSSR count). The van der Waals surface area contributed by atoms with E-state index in [1.807, 2.05) is 30.3 Å². The third-order valence-electron chi connectivity index (χ3n) is 16.8. The number of ether oxygens (including phenoxy) is 1. The van der Waals surface area contributed by atoms with Gasteiger partial charge in [0.15, 0.2) is 23.1 Å². The molecular formula is C63H75N3O8S2. The highest BCUT2D eigenvalue weighted by atomic mass is 33.1. The number of carbonyl (C=O) groups excluding carboxylic acids is 2. The average molecular weight is 1070 g/mol. The summed E-state index contributed by atoms with van der Waals surface area (Å²) in [6, 6.07) is 24.7. The summed E-state index contributed by atoms with van der Waals surface area (Å²) in [5, 5.41) is 56.0. The summed E-state index contributed by atoms with van der Waals surface area (Å²) in [6.45, 7) is 0.303. The lowest BCUT2D eigenvalue weighted by Crippen LogP contribution is -2.24. The molecule has 1 aliphatic heterocycles. The van der Waals surface area contributed by atoms with E-state index >= 15 is 0 Å². The van der Waals surface area contributed by atoms with Crippen LogP contribution in [0.15, 0.2) is 97.2 Å². The van der Waals surface area contributed by atoms with Crippen molar-refractivity contribution in [2.45, 2.75) is 139 Å². The highest BCUT2D eigenvalue weighted by Gasteiger charge is 2.43. The monoisotopic (exact) mass is 1070 g/mol. The van der Waals surface area contributed by atoms with Gasteiger partial charge in [-0.25, -0.2) is 0 Å². The Balaban J connectivity index is 1.02. The highest BCUT2D eigenvalue weighted by molar-refractivity contribution is 8.76. The molecule has 4 aromatic carbocycles. The molecule has 5 aromatic rings. The molecule has 0 saturated heterocycles. The lowest BCUT2D eigenvalue weighted by atomic mass is 9.76. The van der Waals surface area contributed by atoms with Crippen molar-refractivity contribution in [1.82, 2.24) is 4.98 Å². The van der Waals surface area contributed by atoms with Gasteiger partial charge >= 0.3 is 0 Å². The minimum absolute atomic E-state index is 0.0102. The van der Waals surface area contributed by atoms with Gasteiger partial charge < -0.3 is 46.7 Å². The van der Waals surface area contributed by atoms with E-state index in [1.54, 1.807) is 58.1 Å². The second-order valence-electron chi connectivity index (χ2n) is 22.0. The molecule has 2 heterocycles. The number of allylic oxidation sites excluding steroid dienone is 2. The molecule has 0 radical (unpaired) electrons. The van der Waals surface area contributed by atoms with E-state index in [2.05, 4.69) is 47.2 Å². The number of hydrogen-bond acceptors (Lipinski definition) is 12. The minimum atomic E-state index is -0.809. The van der Waals surface area contributed by atoms with Gasteiger partial charge in [0.2, 0.25) is 0 Å². The second-order valence-corrected chi connectivity index (χ2v) is 24.5. The Labute approximate surface area is 456 Å². The van der Waals surface area contributed by atoms with Crippen LogP contribution in [0.1, 0.15) is 155 Å². The Kier molecular flexibility index (Phi) is 18.9. The molecule has 0 spiro atoms. The van der Waals surface area contributed by atoms with Crippen LogP contribution in [-0.2, 0) is 42.7 Å². The SMILES string of the molecule is NC(N)c1cc2c3cc1CSSC[C@@H]1C[C@](CC[C@H](CCc4ccccc4CCO)C[C@H](O)C4CCCC4)(/C=C/C(=O)CCc4ccc(O)c(c4)OCCc4ccc(O)c(c4)[C@@H]3CC(=O)c3cc[nH]c3CC#C2)C[C@H]1O. The summed E-state index contributed by atoms with van der Waals surface area (Å²) in [7, 11) is 3.36. The molecule has 6 atom stereocenters. The van der Waals surface area contributed by atoms with Crippen LogP contribution in [0.4, 0.5) is 0 Å². The molecule has 1 aromatic heterocycles. The number of ketones is 2. The first-order valence-corrected chi connectivity index (χ1v) is 30.0. The van der Waals surface area contributed by atoms with Gasteiger partial charge in [0.05, 0.1) is 31.4 Å². The molecule has 4 aliphatic rings. The fourth-order valence-corrected chi connectivity index (χ4v) is 14.9. The van der Waals surface area contributed by atoms with E-state index in [0.29, 0.717) is 84.8 Å². The van der Waals surface area contributed by atoms with Crippen molar-refractivity contribution in [2.75, 3.05) is 19.0 Å². The largest absolute Gasteiger partial charge is 0.508 e. The molecule has 2 fully saturated rings. The predicted molar refractivity (Wildman–Crippen MR) is 303 cm³/mol. The van der Waals surface area contributed by atoms with E-state index in [9.17, 15) is 35.1 Å². The smallest absolute Gasteiger partial charge is 0.165 e. The normalized spacial score (nSPS) is 22.8. The molecule has 13 heteroatoms. The first-order valence-electron chi connectivity index (χ1n) is 27.5. The number of aromatic hydroxyl groups is 2. The number of hydrogen-bond donors (Lipinski definition) is 8. The number of aromatic amines is 1. The Bertz CT molecular complexity index is 2920. The minimum Gasteiger partial charge on any atom is -0.508 e. The number of nitrogens with one attached hydrogen (secondary N) is 1. The number of rotatable bonds is 12. The number of phenols is 2. The van der Waals surface area contributed by atoms with Crippen molar-refractivity contribution in [1.29, 1.82) is 0 Å². The maximum atomic E-state index is 14.3. The first kappa shape index (κ1) is 55.5. The number of fused-ring (bicyclic) bond motifs is 9. The van der Waals surface area contributed by atoms with Crippen LogP contribution in [-0.4, -0.2) is 73.3 Å². The van der Waals surface area contributed by atoms with E-state index in [0.717, 1.165) is 90.4 Å². The summed E-state index contributed by atoms with van der Waals surface area (Å²) in [5.74, 6) is 8.04. The molecule has 76 heavy (non-hydrogen) atoms. The maximum absolute atomic E-state index is 14.3. The number of phenolic OH excluding ortho intramolecular Hbond substituents is 2. The summed E-state index contributed by atoms with van der Waals surface area (Å²) in [5.41, 5.74) is 21.7. The van der Waals surface area contributed by atoms with Crippen molar-refractivity contribution in [3.8, 4) is 29.1 Å². The molecular weight excluding hydrogens is 991 g/mol. The van der Waals surface area contributed by atoms with Gasteiger partial charge in [-0.1, -0.05) is 101 Å². The van der Waals surface area contributed by atoms with E-state index in [4.69, 9.17) is 16.2 Å². The van der Waals surface area contributed by atoms with Crippen molar-refractivity contribution in [3.05, 3.63) is 159 Å². The third-order valence-corrected chi connectivity index (χ3v) is 19.2. The van der Waals surface area contributed by atoms with E-state index in [-0.39, 0.29) is 67.1 Å². The highest BCUT2D eigenvalue weighted by Crippen LogP contribution is 2.50. The Morgan fingerprint density at radius 3 is 2.42 bits per heavy atom. The number of aryl methyl sites for hydroxylation is 2. The summed E-state index contributed by atoms with van der Waals surface area (Å²) >= 11 is 0. The summed E-state index contributed by atoms with van der Waals surface area (Å²) in [4.78, 5) is 31.4. The Hall–Kier alpha value is -5.30. The zero-order valence-electron chi connectivity index (χ0n) is 43.6. The molecule has 10 N–H and O–H groups in total. The van der Waals surface area contributed by atoms with Gasteiger partial charge in [0.1, 0.15) is 5.75 Å². The number of nitrogens with two attached hydrogens (primary N) is 2. The van der Waals surface area contributed by atoms with Gasteiger partial charge in [-0.15, -0.1) is 0 Å². The fourth-order valence-electron chi connectivity index (χ4n) is 12.4. The van der Waals surface area contributed by atoms with Crippen LogP contribution < -0.4 is 16.2 Å². The Morgan fingerprint density at radius 1 is 0.855 bits per heavy atom. The topological polar surface area (TPSA) is 212 Å². The lowest BCUT2D eigenvalue weighted by Gasteiger charge is -2.30. The molecule has 0 unspecified atom stereocenters. The van der Waals surface area contributed by atoms with Gasteiger partial charge in [-0.3, -0.25) is 9.59 Å². The Morgan fingerprint density at radius 2 is 1.63 bits per heavy atom. The van der Waals surface area contributed by atoms with Gasteiger partial charge in [-0.05, 0) is 169 Å². The van der Waals surface area contributed by atoms with Gasteiger partial charge in [-0.2, -0.15) is 0 Å². The first-order chi connectivity index (χ1) is 36.8. The summed E-state index contributed by atoms with van der Waals surface area (Å²) in [6.07, 6.45) is 15.7. The lowest BCUT2D eigenvalue weighted by molar-refractivity contribution is -0.114. The van der Waals surface area contributed by atoms with Crippen molar-refractivity contribution >= 4 is 33.2 Å². The van der Waals surface area contributed by atoms with Crippen LogP contribution in [0, 0.1) is 35.0 Å².